The first kappa shape index (κ1) is 17.5. The summed E-state index contributed by atoms with van der Waals surface area (Å²) >= 11 is 0. The lowest BCUT2D eigenvalue weighted by molar-refractivity contribution is -0.107. The van der Waals surface area contributed by atoms with Crippen LogP contribution in [-0.2, 0) is 19.7 Å². The molecule has 0 rings (SSSR count). The monoisotopic (exact) mass is 322 g/mol. The largest absolute Gasteiger partial charge is 0.402 e. The van der Waals surface area contributed by atoms with E-state index in [0.29, 0.717) is 0 Å². The Balaban J connectivity index is 5.23. The molecule has 0 fully saturated rings. The van der Waals surface area contributed by atoms with E-state index in [0.717, 1.165) is 0 Å². The minimum Gasteiger partial charge on any atom is -0.227 e. The normalized spacial score (nSPS) is 15.1. The molecule has 0 spiro atoms. The second-order valence-electron chi connectivity index (χ2n) is 3.41. The quantitative estimate of drug-likeness (QED) is 0.731. The first-order valence-electron chi connectivity index (χ1n) is 4.13. The number of hydrogen-bond donors (Lipinski definition) is 0. The summed E-state index contributed by atoms with van der Waals surface area (Å²) in [7, 11) is -10.5. The highest BCUT2D eigenvalue weighted by Gasteiger charge is 2.46. The number of sulfone groups is 2. The maximum atomic E-state index is 11.8. The molecular weight excluding hydrogens is 314 g/mol. The second-order valence-corrected chi connectivity index (χ2v) is 8.35. The van der Waals surface area contributed by atoms with Crippen LogP contribution in [0.3, 0.4) is 0 Å². The zero-order valence-corrected chi connectivity index (χ0v) is 10.3. The third-order valence-electron chi connectivity index (χ3n) is 1.74. The SMILES string of the molecule is CC(S(=O)(=O)CC(F)(F)F)S(=O)(=O)CC(F)(F)F. The smallest absolute Gasteiger partial charge is 0.227 e. The molecular formula is C6H8F6O4S2. The molecule has 0 radical (unpaired) electrons. The third-order valence-corrected chi connectivity index (χ3v) is 6.98. The van der Waals surface area contributed by atoms with Gasteiger partial charge in [0.1, 0.15) is 11.5 Å². The van der Waals surface area contributed by atoms with Gasteiger partial charge in [0.15, 0.2) is 24.3 Å². The Morgan fingerprint density at radius 2 is 1.00 bits per heavy atom. The zero-order chi connectivity index (χ0) is 15.0. The van der Waals surface area contributed by atoms with Crippen molar-refractivity contribution in [3.63, 3.8) is 0 Å². The van der Waals surface area contributed by atoms with Gasteiger partial charge in [-0.2, -0.15) is 26.3 Å². The summed E-state index contributed by atoms with van der Waals surface area (Å²) in [6.07, 6.45) is -10.4. The predicted molar refractivity (Wildman–Crippen MR) is 49.1 cm³/mol. The van der Waals surface area contributed by atoms with Gasteiger partial charge >= 0.3 is 12.4 Å². The van der Waals surface area contributed by atoms with Crippen molar-refractivity contribution < 1.29 is 43.2 Å². The predicted octanol–water partition coefficient (Wildman–Crippen LogP) is 1.29. The van der Waals surface area contributed by atoms with E-state index in [2.05, 4.69) is 0 Å². The highest BCUT2D eigenvalue weighted by Crippen LogP contribution is 2.25. The number of hydrogen-bond acceptors (Lipinski definition) is 4. The topological polar surface area (TPSA) is 68.3 Å². The van der Waals surface area contributed by atoms with E-state index in [-0.39, 0.29) is 6.92 Å². The fourth-order valence-electron chi connectivity index (χ4n) is 0.914. The van der Waals surface area contributed by atoms with Gasteiger partial charge in [-0.05, 0) is 6.92 Å². The van der Waals surface area contributed by atoms with E-state index in [1.165, 1.54) is 0 Å². The summed E-state index contributed by atoms with van der Waals surface area (Å²) in [4.78, 5) is 0. The molecule has 0 aromatic heterocycles. The highest BCUT2D eigenvalue weighted by molar-refractivity contribution is 8.09. The molecule has 0 bridgehead atoms. The summed E-state index contributed by atoms with van der Waals surface area (Å²) in [5.41, 5.74) is 0. The van der Waals surface area contributed by atoms with Gasteiger partial charge in [-0.15, -0.1) is 0 Å². The van der Waals surface area contributed by atoms with Crippen molar-refractivity contribution in [3.8, 4) is 0 Å². The summed E-state index contributed by atoms with van der Waals surface area (Å²) < 4.78 is 112. The first-order valence-corrected chi connectivity index (χ1v) is 7.56. The van der Waals surface area contributed by atoms with Crippen molar-refractivity contribution in [3.05, 3.63) is 0 Å². The Hall–Kier alpha value is -0.520. The van der Waals surface area contributed by atoms with E-state index in [1.54, 1.807) is 0 Å². The molecule has 0 saturated carbocycles. The van der Waals surface area contributed by atoms with Crippen LogP contribution in [0, 0.1) is 0 Å². The molecule has 110 valence electrons. The van der Waals surface area contributed by atoms with E-state index < -0.39 is 48.1 Å². The average molecular weight is 322 g/mol. The van der Waals surface area contributed by atoms with E-state index in [1.807, 2.05) is 0 Å². The zero-order valence-electron chi connectivity index (χ0n) is 8.71. The minimum atomic E-state index is -5.26. The third kappa shape index (κ3) is 5.89. The molecule has 0 aliphatic heterocycles. The molecule has 4 nitrogen and oxygen atoms in total. The van der Waals surface area contributed by atoms with Gasteiger partial charge in [0.2, 0.25) is 0 Å². The van der Waals surface area contributed by atoms with Gasteiger partial charge in [-0.3, -0.25) is 0 Å². The molecule has 0 aromatic rings. The van der Waals surface area contributed by atoms with Crippen molar-refractivity contribution >= 4 is 19.7 Å². The fraction of sp³-hybridized carbons (Fsp3) is 1.00. The summed E-state index contributed by atoms with van der Waals surface area (Å²) in [6.45, 7) is 0.280. The van der Waals surface area contributed by atoms with Crippen molar-refractivity contribution in [2.45, 2.75) is 23.9 Å². The Kier molecular flexibility index (Phi) is 4.73. The van der Waals surface area contributed by atoms with Gasteiger partial charge < -0.3 is 0 Å². The lowest BCUT2D eigenvalue weighted by atomic mass is 10.8. The average Bonchev–Trinajstić information content (AvgIpc) is 1.92. The molecule has 0 aliphatic rings. The van der Waals surface area contributed by atoms with Crippen LogP contribution in [0.4, 0.5) is 26.3 Å². The number of alkyl halides is 6. The van der Waals surface area contributed by atoms with Crippen LogP contribution in [0.15, 0.2) is 0 Å². The highest BCUT2D eigenvalue weighted by atomic mass is 32.3. The van der Waals surface area contributed by atoms with Crippen LogP contribution >= 0.6 is 0 Å². The molecule has 0 heterocycles. The minimum absolute atomic E-state index is 0.280. The summed E-state index contributed by atoms with van der Waals surface area (Å²) in [5.74, 6) is -4.98. The lowest BCUT2D eigenvalue weighted by Gasteiger charge is -2.16. The molecule has 12 heteroatoms. The summed E-state index contributed by atoms with van der Waals surface area (Å²) in [5, 5.41) is 0. The molecule has 0 saturated heterocycles. The second kappa shape index (κ2) is 4.87. The van der Waals surface area contributed by atoms with Gasteiger partial charge in [0.05, 0.1) is 0 Å². The van der Waals surface area contributed by atoms with Crippen LogP contribution in [0.1, 0.15) is 6.92 Å². The first-order chi connectivity index (χ1) is 7.57. The summed E-state index contributed by atoms with van der Waals surface area (Å²) in [6, 6.07) is 0. The van der Waals surface area contributed by atoms with E-state index in [4.69, 9.17) is 0 Å². The number of halogens is 6. The molecule has 0 aliphatic carbocycles. The van der Waals surface area contributed by atoms with E-state index >= 15 is 0 Å². The van der Waals surface area contributed by atoms with Crippen molar-refractivity contribution in [1.29, 1.82) is 0 Å². The van der Waals surface area contributed by atoms with Crippen molar-refractivity contribution in [2.75, 3.05) is 11.5 Å². The molecule has 0 atom stereocenters. The number of rotatable bonds is 4. The Morgan fingerprint density at radius 3 is 1.17 bits per heavy atom. The van der Waals surface area contributed by atoms with Crippen LogP contribution in [0.2, 0.25) is 0 Å². The van der Waals surface area contributed by atoms with Gasteiger partial charge in [0, 0.05) is 0 Å². The Morgan fingerprint density at radius 1 is 0.778 bits per heavy atom. The molecule has 0 amide bonds. The standard InChI is InChI=1S/C6H8F6O4S2/c1-4(17(13,14)2-5(7,8)9)18(15,16)3-6(10,11)12/h4H,2-3H2,1H3. The fourth-order valence-corrected chi connectivity index (χ4v) is 4.49. The van der Waals surface area contributed by atoms with Crippen molar-refractivity contribution in [1.82, 2.24) is 0 Å². The molecule has 0 N–H and O–H groups in total. The van der Waals surface area contributed by atoms with Crippen LogP contribution in [0.5, 0.6) is 0 Å². The Labute approximate surface area is 98.8 Å². The van der Waals surface area contributed by atoms with Crippen LogP contribution < -0.4 is 0 Å². The molecule has 0 aromatic carbocycles. The van der Waals surface area contributed by atoms with Crippen LogP contribution in [-0.4, -0.2) is 45.3 Å². The van der Waals surface area contributed by atoms with E-state index in [9.17, 15) is 43.2 Å². The van der Waals surface area contributed by atoms with Crippen LogP contribution in [0.25, 0.3) is 0 Å². The lowest BCUT2D eigenvalue weighted by Crippen LogP contribution is -2.39. The maximum absolute atomic E-state index is 11.8. The molecule has 18 heavy (non-hydrogen) atoms. The Bertz CT molecular complexity index is 439. The van der Waals surface area contributed by atoms with Gasteiger partial charge in [-0.1, -0.05) is 0 Å². The van der Waals surface area contributed by atoms with Gasteiger partial charge in [0.25, 0.3) is 0 Å². The van der Waals surface area contributed by atoms with Crippen molar-refractivity contribution in [2.24, 2.45) is 0 Å². The maximum Gasteiger partial charge on any atom is 0.402 e. The van der Waals surface area contributed by atoms with Gasteiger partial charge in [-0.25, -0.2) is 16.8 Å². The molecule has 0 unspecified atom stereocenters.